The molecule has 0 aliphatic heterocycles. The molecule has 2 atom stereocenters. The second kappa shape index (κ2) is 8.12. The Balaban J connectivity index is 2.20. The fraction of sp³-hybridized carbons (Fsp3) is 0.875. The van der Waals surface area contributed by atoms with Crippen LogP contribution in [0.2, 0.25) is 0 Å². The van der Waals surface area contributed by atoms with E-state index in [4.69, 9.17) is 6.42 Å². The van der Waals surface area contributed by atoms with Gasteiger partial charge >= 0.3 is 0 Å². The largest absolute Gasteiger partial charge is 0.313 e. The van der Waals surface area contributed by atoms with Gasteiger partial charge in [0.05, 0.1) is 5.75 Å². The molecule has 0 saturated heterocycles. The molecule has 1 saturated carbocycles. The van der Waals surface area contributed by atoms with Gasteiger partial charge in [-0.05, 0) is 37.0 Å². The summed E-state index contributed by atoms with van der Waals surface area (Å²) in [6.45, 7) is 8.28. The van der Waals surface area contributed by atoms with Crippen LogP contribution in [0.5, 0.6) is 0 Å². The number of nitrogens with one attached hydrogen (secondary N) is 1. The van der Waals surface area contributed by atoms with Crippen molar-refractivity contribution in [3.05, 3.63) is 0 Å². The highest BCUT2D eigenvalue weighted by Crippen LogP contribution is 2.36. The van der Waals surface area contributed by atoms with Gasteiger partial charge in [0.15, 0.2) is 0 Å². The topological polar surface area (TPSA) is 12.0 Å². The van der Waals surface area contributed by atoms with Crippen LogP contribution in [0.25, 0.3) is 0 Å². The molecule has 0 heterocycles. The molecule has 1 fully saturated rings. The van der Waals surface area contributed by atoms with Crippen LogP contribution in [-0.4, -0.2) is 24.1 Å². The van der Waals surface area contributed by atoms with E-state index < -0.39 is 0 Å². The molecular weight excluding hydrogens is 238 g/mol. The van der Waals surface area contributed by atoms with Crippen molar-refractivity contribution in [1.29, 1.82) is 0 Å². The first-order valence-corrected chi connectivity index (χ1v) is 8.44. The summed E-state index contributed by atoms with van der Waals surface area (Å²) in [5.74, 6) is 5.56. The SMILES string of the molecule is C#CCSCCNC1CCCC(C(C)(C)C)CC1. The molecule has 18 heavy (non-hydrogen) atoms. The van der Waals surface area contributed by atoms with Gasteiger partial charge in [0, 0.05) is 18.3 Å². The summed E-state index contributed by atoms with van der Waals surface area (Å²) in [5, 5.41) is 3.70. The van der Waals surface area contributed by atoms with E-state index in [2.05, 4.69) is 32.0 Å². The molecule has 0 bridgehead atoms. The zero-order valence-corrected chi connectivity index (χ0v) is 13.1. The van der Waals surface area contributed by atoms with Gasteiger partial charge in [-0.1, -0.05) is 33.1 Å². The maximum atomic E-state index is 5.24. The van der Waals surface area contributed by atoms with Gasteiger partial charge in [-0.25, -0.2) is 0 Å². The van der Waals surface area contributed by atoms with Crippen LogP contribution in [0.4, 0.5) is 0 Å². The van der Waals surface area contributed by atoms with Crippen molar-refractivity contribution >= 4 is 11.8 Å². The molecule has 0 aromatic carbocycles. The lowest BCUT2D eigenvalue weighted by Gasteiger charge is -2.29. The molecule has 1 rings (SSSR count). The summed E-state index contributed by atoms with van der Waals surface area (Å²) >= 11 is 1.85. The van der Waals surface area contributed by atoms with Gasteiger partial charge in [0.1, 0.15) is 0 Å². The Hall–Kier alpha value is -0.130. The third-order valence-corrected chi connectivity index (χ3v) is 4.92. The van der Waals surface area contributed by atoms with E-state index in [-0.39, 0.29) is 0 Å². The zero-order valence-electron chi connectivity index (χ0n) is 12.3. The van der Waals surface area contributed by atoms with Crippen LogP contribution >= 0.6 is 11.8 Å². The summed E-state index contributed by atoms with van der Waals surface area (Å²) < 4.78 is 0. The first kappa shape index (κ1) is 15.9. The molecule has 1 nitrogen and oxygen atoms in total. The van der Waals surface area contributed by atoms with Crippen LogP contribution in [0.3, 0.4) is 0 Å². The van der Waals surface area contributed by atoms with Crippen molar-refractivity contribution < 1.29 is 0 Å². The Morgan fingerprint density at radius 2 is 2.00 bits per heavy atom. The van der Waals surface area contributed by atoms with Crippen molar-refractivity contribution in [2.75, 3.05) is 18.1 Å². The van der Waals surface area contributed by atoms with Crippen LogP contribution in [0.15, 0.2) is 0 Å². The lowest BCUT2D eigenvalue weighted by atomic mass is 9.76. The van der Waals surface area contributed by atoms with Crippen LogP contribution in [0.1, 0.15) is 52.9 Å². The highest BCUT2D eigenvalue weighted by atomic mass is 32.2. The van der Waals surface area contributed by atoms with E-state index in [1.807, 2.05) is 11.8 Å². The van der Waals surface area contributed by atoms with Gasteiger partial charge < -0.3 is 5.32 Å². The van der Waals surface area contributed by atoms with Gasteiger partial charge in [-0.15, -0.1) is 18.2 Å². The summed E-state index contributed by atoms with van der Waals surface area (Å²) in [7, 11) is 0. The molecule has 2 heteroatoms. The van der Waals surface area contributed by atoms with E-state index in [1.54, 1.807) is 0 Å². The van der Waals surface area contributed by atoms with Gasteiger partial charge in [0.2, 0.25) is 0 Å². The van der Waals surface area contributed by atoms with Crippen molar-refractivity contribution in [2.45, 2.75) is 58.9 Å². The minimum absolute atomic E-state index is 0.484. The summed E-state index contributed by atoms with van der Waals surface area (Å²) in [4.78, 5) is 0. The molecule has 2 unspecified atom stereocenters. The highest BCUT2D eigenvalue weighted by molar-refractivity contribution is 7.99. The van der Waals surface area contributed by atoms with Crippen LogP contribution in [0, 0.1) is 23.7 Å². The van der Waals surface area contributed by atoms with Crippen molar-refractivity contribution in [3.63, 3.8) is 0 Å². The average Bonchev–Trinajstić information content (AvgIpc) is 2.53. The number of hydrogen-bond donors (Lipinski definition) is 1. The predicted molar refractivity (Wildman–Crippen MR) is 84.0 cm³/mol. The third-order valence-electron chi connectivity index (χ3n) is 4.06. The van der Waals surface area contributed by atoms with Crippen LogP contribution < -0.4 is 5.32 Å². The van der Waals surface area contributed by atoms with Gasteiger partial charge in [0.25, 0.3) is 0 Å². The molecular formula is C16H29NS. The smallest absolute Gasteiger partial charge is 0.0545 e. The van der Waals surface area contributed by atoms with E-state index in [0.29, 0.717) is 5.41 Å². The molecule has 1 N–H and O–H groups in total. The average molecular weight is 267 g/mol. The molecule has 104 valence electrons. The highest BCUT2D eigenvalue weighted by Gasteiger charge is 2.27. The third kappa shape index (κ3) is 6.16. The van der Waals surface area contributed by atoms with E-state index in [9.17, 15) is 0 Å². The lowest BCUT2D eigenvalue weighted by molar-refractivity contribution is 0.213. The second-order valence-electron chi connectivity index (χ2n) is 6.48. The molecule has 1 aliphatic rings. The molecule has 0 aromatic rings. The van der Waals surface area contributed by atoms with Gasteiger partial charge in [-0.2, -0.15) is 0 Å². The first-order chi connectivity index (χ1) is 8.54. The quantitative estimate of drug-likeness (QED) is 0.460. The summed E-state index contributed by atoms with van der Waals surface area (Å²) in [5.41, 5.74) is 0.484. The number of terminal acetylenes is 1. The van der Waals surface area contributed by atoms with Gasteiger partial charge in [-0.3, -0.25) is 0 Å². The van der Waals surface area contributed by atoms with E-state index in [0.717, 1.165) is 30.0 Å². The lowest BCUT2D eigenvalue weighted by Crippen LogP contribution is -2.30. The standard InChI is InChI=1S/C16H29NS/c1-5-12-18-13-11-17-15-8-6-7-14(9-10-15)16(2,3)4/h1,14-15,17H,6-13H2,2-4H3. The Morgan fingerprint density at radius 1 is 1.22 bits per heavy atom. The van der Waals surface area contributed by atoms with Crippen molar-refractivity contribution in [2.24, 2.45) is 11.3 Å². The molecule has 0 amide bonds. The normalized spacial score (nSPS) is 25.4. The Labute approximate surface area is 118 Å². The zero-order chi connectivity index (χ0) is 13.4. The minimum Gasteiger partial charge on any atom is -0.313 e. The van der Waals surface area contributed by atoms with Crippen molar-refractivity contribution in [1.82, 2.24) is 5.32 Å². The maximum Gasteiger partial charge on any atom is 0.0545 e. The maximum absolute atomic E-state index is 5.24. The predicted octanol–water partition coefficient (Wildman–Crippen LogP) is 3.94. The summed E-state index contributed by atoms with van der Waals surface area (Å²) in [6.07, 6.45) is 12.1. The fourth-order valence-corrected chi connectivity index (χ4v) is 3.36. The van der Waals surface area contributed by atoms with E-state index in [1.165, 1.54) is 32.1 Å². The minimum atomic E-state index is 0.484. The monoisotopic (exact) mass is 267 g/mol. The molecule has 0 radical (unpaired) electrons. The van der Waals surface area contributed by atoms with Crippen LogP contribution in [-0.2, 0) is 0 Å². The Bertz CT molecular complexity index is 261. The number of hydrogen-bond acceptors (Lipinski definition) is 2. The molecule has 0 spiro atoms. The Kier molecular flexibility index (Phi) is 7.19. The summed E-state index contributed by atoms with van der Waals surface area (Å²) in [6, 6.07) is 0.740. The number of thioether (sulfide) groups is 1. The number of rotatable bonds is 5. The first-order valence-electron chi connectivity index (χ1n) is 7.28. The van der Waals surface area contributed by atoms with Crippen molar-refractivity contribution in [3.8, 4) is 12.3 Å². The molecule has 1 aliphatic carbocycles. The second-order valence-corrected chi connectivity index (χ2v) is 7.58. The van der Waals surface area contributed by atoms with E-state index >= 15 is 0 Å². The molecule has 0 aromatic heterocycles. The Morgan fingerprint density at radius 3 is 2.67 bits per heavy atom. The fourth-order valence-electron chi connectivity index (χ4n) is 2.84.